The fourth-order valence-corrected chi connectivity index (χ4v) is 3.75. The van der Waals surface area contributed by atoms with Gasteiger partial charge in [-0.2, -0.15) is 0 Å². The van der Waals surface area contributed by atoms with Crippen LogP contribution < -0.4 is 4.74 Å². The van der Waals surface area contributed by atoms with E-state index in [4.69, 9.17) is 19.6 Å². The zero-order chi connectivity index (χ0) is 20.1. The van der Waals surface area contributed by atoms with E-state index in [1.807, 2.05) is 12.3 Å². The fourth-order valence-electron chi connectivity index (χ4n) is 3.42. The highest BCUT2D eigenvalue weighted by Gasteiger charge is 2.42. The Bertz CT molecular complexity index is 678. The summed E-state index contributed by atoms with van der Waals surface area (Å²) in [7, 11) is 0. The molecular weight excluding hydrogens is 410 g/mol. The van der Waals surface area contributed by atoms with Crippen LogP contribution in [0.25, 0.3) is 0 Å². The number of likely N-dealkylation sites (tertiary alicyclic amines) is 1. The number of halogens is 1. The molecule has 0 unspecified atom stereocenters. The number of hydrogen-bond donors (Lipinski definition) is 1. The van der Waals surface area contributed by atoms with Gasteiger partial charge < -0.3 is 14.7 Å². The Balaban J connectivity index is 0.000000817. The third-order valence-corrected chi connectivity index (χ3v) is 5.35. The van der Waals surface area contributed by atoms with Gasteiger partial charge in [-0.1, -0.05) is 27.7 Å². The van der Waals surface area contributed by atoms with Crippen LogP contribution >= 0.6 is 15.9 Å². The highest BCUT2D eigenvalue weighted by atomic mass is 79.9. The first kappa shape index (κ1) is 21.8. The molecule has 3 rings (SSSR count). The highest BCUT2D eigenvalue weighted by molar-refractivity contribution is 9.10. The molecule has 0 aromatic carbocycles. The normalized spacial score (nSPS) is 20.4. The third-order valence-electron chi connectivity index (χ3n) is 4.92. The number of hydrogen-bond acceptors (Lipinski definition) is 5. The standard InChI is InChI=1S/C19H28BrN3O.CH2O2/c1-5-23-8-6-19(7-9-23)11-15(22-13-18(2,3)4)14-10-17(20)21-12-16(14)24-19;2-1-3/h10,12H,5-9,11,13H2,1-4H3;1H,(H,2,3). The van der Waals surface area contributed by atoms with E-state index in [1.165, 1.54) is 5.71 Å². The summed E-state index contributed by atoms with van der Waals surface area (Å²) in [6.45, 7) is 12.8. The van der Waals surface area contributed by atoms with E-state index >= 15 is 0 Å². The number of fused-ring (bicyclic) bond motifs is 1. The molecule has 1 saturated heterocycles. The van der Waals surface area contributed by atoms with Crippen molar-refractivity contribution in [3.8, 4) is 5.75 Å². The minimum absolute atomic E-state index is 0.106. The Labute approximate surface area is 170 Å². The second-order valence-electron chi connectivity index (χ2n) is 8.33. The average Bonchev–Trinajstić information content (AvgIpc) is 2.61. The fraction of sp³-hybridized carbons (Fsp3) is 0.650. The summed E-state index contributed by atoms with van der Waals surface area (Å²) in [5, 5.41) is 6.89. The van der Waals surface area contributed by atoms with Crippen molar-refractivity contribution in [1.82, 2.24) is 9.88 Å². The van der Waals surface area contributed by atoms with Crippen LogP contribution in [0.2, 0.25) is 0 Å². The van der Waals surface area contributed by atoms with Gasteiger partial charge >= 0.3 is 0 Å². The molecule has 150 valence electrons. The molecule has 0 aliphatic carbocycles. The number of aromatic nitrogens is 1. The minimum Gasteiger partial charge on any atom is -0.484 e. The predicted molar refractivity (Wildman–Crippen MR) is 111 cm³/mol. The third kappa shape index (κ3) is 6.01. The molecule has 0 radical (unpaired) electrons. The lowest BCUT2D eigenvalue weighted by molar-refractivity contribution is -0.122. The van der Waals surface area contributed by atoms with Crippen molar-refractivity contribution >= 4 is 28.1 Å². The van der Waals surface area contributed by atoms with Crippen LogP contribution in [0.1, 0.15) is 52.5 Å². The molecule has 0 atom stereocenters. The maximum atomic E-state index is 8.36. The lowest BCUT2D eigenvalue weighted by atomic mass is 9.82. The summed E-state index contributed by atoms with van der Waals surface area (Å²) >= 11 is 3.48. The van der Waals surface area contributed by atoms with Gasteiger partial charge in [0.25, 0.3) is 6.47 Å². The summed E-state index contributed by atoms with van der Waals surface area (Å²) in [4.78, 5) is 20.2. The molecule has 2 aliphatic heterocycles. The molecular formula is C20H30BrN3O3. The van der Waals surface area contributed by atoms with E-state index in [0.29, 0.717) is 0 Å². The van der Waals surface area contributed by atoms with Gasteiger partial charge in [-0.15, -0.1) is 0 Å². The topological polar surface area (TPSA) is 75.0 Å². The number of carboxylic acid groups (broad SMARTS) is 1. The molecule has 1 fully saturated rings. The Morgan fingerprint density at radius 3 is 2.59 bits per heavy atom. The second kappa shape index (κ2) is 9.15. The molecule has 1 aromatic rings. The van der Waals surface area contributed by atoms with E-state index in [2.05, 4.69) is 53.5 Å². The van der Waals surface area contributed by atoms with Crippen molar-refractivity contribution in [2.45, 2.75) is 52.6 Å². The van der Waals surface area contributed by atoms with Gasteiger partial charge in [-0.25, -0.2) is 4.98 Å². The van der Waals surface area contributed by atoms with E-state index in [9.17, 15) is 0 Å². The van der Waals surface area contributed by atoms with Crippen molar-refractivity contribution < 1.29 is 14.6 Å². The number of piperidine rings is 1. The van der Waals surface area contributed by atoms with Crippen molar-refractivity contribution in [2.75, 3.05) is 26.2 Å². The van der Waals surface area contributed by atoms with E-state index < -0.39 is 0 Å². The monoisotopic (exact) mass is 439 g/mol. The summed E-state index contributed by atoms with van der Waals surface area (Å²) in [5.41, 5.74) is 2.36. The highest BCUT2D eigenvalue weighted by Crippen LogP contribution is 2.40. The number of carbonyl (C=O) groups is 1. The van der Waals surface area contributed by atoms with Crippen LogP contribution in [0.3, 0.4) is 0 Å². The molecule has 0 saturated carbocycles. The van der Waals surface area contributed by atoms with Crippen molar-refractivity contribution in [3.05, 3.63) is 22.4 Å². The molecule has 6 nitrogen and oxygen atoms in total. The van der Waals surface area contributed by atoms with Crippen LogP contribution in [0.15, 0.2) is 21.9 Å². The van der Waals surface area contributed by atoms with E-state index in [0.717, 1.165) is 61.4 Å². The van der Waals surface area contributed by atoms with Crippen molar-refractivity contribution in [3.63, 3.8) is 0 Å². The summed E-state index contributed by atoms with van der Waals surface area (Å²) in [5.74, 6) is 0.891. The SMILES string of the molecule is CCN1CCC2(CC1)CC(=NCC(C)(C)C)c1cc(Br)ncc1O2.O=CO. The summed E-state index contributed by atoms with van der Waals surface area (Å²) < 4.78 is 7.32. The molecule has 1 N–H and O–H groups in total. The molecule has 27 heavy (non-hydrogen) atoms. The van der Waals surface area contributed by atoms with Crippen LogP contribution in [-0.2, 0) is 4.79 Å². The van der Waals surface area contributed by atoms with E-state index in [1.54, 1.807) is 0 Å². The Morgan fingerprint density at radius 1 is 1.41 bits per heavy atom. The molecule has 2 aliphatic rings. The Kier molecular flexibility index (Phi) is 7.40. The first-order chi connectivity index (χ1) is 12.7. The molecule has 0 bridgehead atoms. The van der Waals surface area contributed by atoms with Gasteiger partial charge in [-0.05, 0) is 34.0 Å². The average molecular weight is 440 g/mol. The number of pyridine rings is 1. The summed E-state index contributed by atoms with van der Waals surface area (Å²) in [6.07, 6.45) is 4.87. The molecule has 7 heteroatoms. The molecule has 3 heterocycles. The minimum atomic E-state index is -0.250. The van der Waals surface area contributed by atoms with Gasteiger partial charge in [0.1, 0.15) is 16.0 Å². The van der Waals surface area contributed by atoms with Crippen molar-refractivity contribution in [1.29, 1.82) is 0 Å². The van der Waals surface area contributed by atoms with Crippen LogP contribution in [0.4, 0.5) is 0 Å². The number of ether oxygens (including phenoxy) is 1. The first-order valence-electron chi connectivity index (χ1n) is 9.40. The number of rotatable bonds is 2. The van der Waals surface area contributed by atoms with Crippen LogP contribution in [0.5, 0.6) is 5.75 Å². The van der Waals surface area contributed by atoms with Crippen molar-refractivity contribution in [2.24, 2.45) is 10.4 Å². The smallest absolute Gasteiger partial charge is 0.290 e. The summed E-state index contributed by atoms with van der Waals surface area (Å²) in [6, 6.07) is 2.05. The lowest BCUT2D eigenvalue weighted by Gasteiger charge is -2.44. The molecule has 1 aromatic heterocycles. The number of aliphatic imine (C=N–C) groups is 1. The second-order valence-corrected chi connectivity index (χ2v) is 9.14. The van der Waals surface area contributed by atoms with Gasteiger partial charge in [0.2, 0.25) is 0 Å². The molecule has 0 amide bonds. The largest absolute Gasteiger partial charge is 0.484 e. The first-order valence-corrected chi connectivity index (χ1v) is 10.2. The van der Waals surface area contributed by atoms with Gasteiger partial charge in [0, 0.05) is 50.2 Å². The van der Waals surface area contributed by atoms with E-state index in [-0.39, 0.29) is 17.5 Å². The van der Waals surface area contributed by atoms with Gasteiger partial charge in [0.15, 0.2) is 0 Å². The maximum absolute atomic E-state index is 8.36. The quantitative estimate of drug-likeness (QED) is 0.556. The zero-order valence-electron chi connectivity index (χ0n) is 16.7. The Hall–Kier alpha value is -1.47. The zero-order valence-corrected chi connectivity index (χ0v) is 18.3. The van der Waals surface area contributed by atoms with Gasteiger partial charge in [-0.3, -0.25) is 9.79 Å². The maximum Gasteiger partial charge on any atom is 0.290 e. The Morgan fingerprint density at radius 2 is 2.04 bits per heavy atom. The number of nitrogens with zero attached hydrogens (tertiary/aromatic N) is 3. The predicted octanol–water partition coefficient (Wildman–Crippen LogP) is 4.02. The van der Waals surface area contributed by atoms with Gasteiger partial charge in [0.05, 0.1) is 6.20 Å². The lowest BCUT2D eigenvalue weighted by Crippen LogP contribution is -2.51. The van der Waals surface area contributed by atoms with Crippen LogP contribution in [0, 0.1) is 5.41 Å². The van der Waals surface area contributed by atoms with Crippen LogP contribution in [-0.4, -0.2) is 59.0 Å². The molecule has 1 spiro atoms.